The van der Waals surface area contributed by atoms with Crippen LogP contribution < -0.4 is 14.4 Å². The molecule has 4 aromatic rings. The van der Waals surface area contributed by atoms with E-state index in [4.69, 9.17) is 19.2 Å². The van der Waals surface area contributed by atoms with E-state index < -0.39 is 0 Å². The highest BCUT2D eigenvalue weighted by molar-refractivity contribution is 7.98. The first kappa shape index (κ1) is 25.5. The van der Waals surface area contributed by atoms with E-state index >= 15 is 0 Å². The molecule has 0 N–H and O–H groups in total. The first-order valence-corrected chi connectivity index (χ1v) is 14.3. The van der Waals surface area contributed by atoms with Gasteiger partial charge in [-0.3, -0.25) is 4.79 Å². The van der Waals surface area contributed by atoms with Crippen LogP contribution in [0.1, 0.15) is 27.0 Å². The first-order valence-electron chi connectivity index (χ1n) is 13.1. The van der Waals surface area contributed by atoms with Crippen LogP contribution in [0.15, 0.2) is 71.6 Å². The average Bonchev–Trinajstić information content (AvgIpc) is 3.45. The van der Waals surface area contributed by atoms with Crippen molar-refractivity contribution in [3.8, 4) is 11.5 Å². The highest BCUT2D eigenvalue weighted by Crippen LogP contribution is 2.34. The van der Waals surface area contributed by atoms with E-state index in [9.17, 15) is 4.79 Å². The Morgan fingerprint density at radius 1 is 0.949 bits per heavy atom. The van der Waals surface area contributed by atoms with Gasteiger partial charge >= 0.3 is 0 Å². The highest BCUT2D eigenvalue weighted by Gasteiger charge is 2.24. The molecule has 0 aliphatic carbocycles. The Balaban J connectivity index is 1.40. The van der Waals surface area contributed by atoms with E-state index in [1.807, 2.05) is 54.3 Å². The smallest absolute Gasteiger partial charge is 0.254 e. The molecule has 0 bridgehead atoms. The summed E-state index contributed by atoms with van der Waals surface area (Å²) in [6.45, 7) is 5.94. The molecule has 1 amide bonds. The zero-order valence-corrected chi connectivity index (χ0v) is 23.0. The largest absolute Gasteiger partial charge is 0.454 e. The van der Waals surface area contributed by atoms with Crippen molar-refractivity contribution in [3.63, 3.8) is 0 Å². The second-order valence-electron chi connectivity index (χ2n) is 9.84. The minimum Gasteiger partial charge on any atom is -0.454 e. The van der Waals surface area contributed by atoms with Gasteiger partial charge in [-0.15, -0.1) is 11.8 Å². The monoisotopic (exact) mass is 541 g/mol. The van der Waals surface area contributed by atoms with Crippen molar-refractivity contribution in [2.24, 2.45) is 0 Å². The van der Waals surface area contributed by atoms with Gasteiger partial charge in [0.1, 0.15) is 5.82 Å². The van der Waals surface area contributed by atoms with E-state index in [0.717, 1.165) is 52.3 Å². The van der Waals surface area contributed by atoms with Gasteiger partial charge in [0, 0.05) is 47.6 Å². The number of morpholine rings is 1. The van der Waals surface area contributed by atoms with Crippen LogP contribution in [0.3, 0.4) is 0 Å². The molecule has 2 aliphatic heterocycles. The topological polar surface area (TPSA) is 64.1 Å². The maximum atomic E-state index is 13.9. The summed E-state index contributed by atoms with van der Waals surface area (Å²) < 4.78 is 16.7. The third-order valence-corrected chi connectivity index (χ3v) is 7.87. The molecule has 0 saturated carbocycles. The van der Waals surface area contributed by atoms with Crippen molar-refractivity contribution < 1.29 is 19.0 Å². The minimum atomic E-state index is -0.0292. The number of benzene rings is 3. The van der Waals surface area contributed by atoms with E-state index in [1.165, 1.54) is 4.90 Å². The summed E-state index contributed by atoms with van der Waals surface area (Å²) in [7, 11) is 0. The van der Waals surface area contributed by atoms with E-state index in [2.05, 4.69) is 35.4 Å². The summed E-state index contributed by atoms with van der Waals surface area (Å²) in [5.41, 5.74) is 4.73. The number of carbonyl (C=O) groups excluding carboxylic acids is 1. The number of anilines is 1. The Morgan fingerprint density at radius 2 is 1.74 bits per heavy atom. The standard InChI is InChI=1S/C31H31N3O4S/c1-21-3-6-23(7-4-21)31(35)34(18-22-5-10-28-29(15-22)38-20-37-28)19-25-16-24-8-9-26(39-2)17-27(24)32-30(25)33-11-13-36-14-12-33/h3-10,15-17H,11-14,18-20H2,1-2H3. The number of hydrogen-bond donors (Lipinski definition) is 0. The summed E-state index contributed by atoms with van der Waals surface area (Å²) in [4.78, 5) is 24.4. The lowest BCUT2D eigenvalue weighted by Crippen LogP contribution is -2.38. The van der Waals surface area contributed by atoms with Gasteiger partial charge in [0.05, 0.1) is 18.7 Å². The predicted octanol–water partition coefficient (Wildman–Crippen LogP) is 5.67. The van der Waals surface area contributed by atoms with Gasteiger partial charge in [-0.25, -0.2) is 4.98 Å². The van der Waals surface area contributed by atoms with Crippen molar-refractivity contribution in [1.29, 1.82) is 0 Å². The van der Waals surface area contributed by atoms with Crippen LogP contribution in [0.25, 0.3) is 10.9 Å². The molecule has 0 spiro atoms. The molecule has 2 aliphatic rings. The van der Waals surface area contributed by atoms with Crippen LogP contribution in [0, 0.1) is 6.92 Å². The number of aromatic nitrogens is 1. The summed E-state index contributed by atoms with van der Waals surface area (Å²) in [5, 5.41) is 1.06. The van der Waals surface area contributed by atoms with Crippen LogP contribution >= 0.6 is 11.8 Å². The molecule has 1 saturated heterocycles. The zero-order chi connectivity index (χ0) is 26.8. The van der Waals surface area contributed by atoms with Crippen molar-refractivity contribution in [3.05, 3.63) is 89.0 Å². The van der Waals surface area contributed by atoms with E-state index in [0.29, 0.717) is 37.6 Å². The Morgan fingerprint density at radius 3 is 2.54 bits per heavy atom. The molecular formula is C31H31N3O4S. The van der Waals surface area contributed by atoms with Gasteiger partial charge in [-0.1, -0.05) is 29.8 Å². The fraction of sp³-hybridized carbons (Fsp3) is 0.290. The van der Waals surface area contributed by atoms with Gasteiger partial charge in [0.15, 0.2) is 11.5 Å². The normalized spacial score (nSPS) is 14.6. The lowest BCUT2D eigenvalue weighted by atomic mass is 10.1. The second-order valence-corrected chi connectivity index (χ2v) is 10.7. The SMILES string of the molecule is CSc1ccc2cc(CN(Cc3ccc4c(c3)OCO4)C(=O)c3ccc(C)cc3)c(N3CCOCC3)nc2c1. The molecule has 7 nitrogen and oxygen atoms in total. The number of aryl methyl sites for hydroxylation is 1. The number of thioether (sulfide) groups is 1. The van der Waals surface area contributed by atoms with Gasteiger partial charge in [0.2, 0.25) is 6.79 Å². The van der Waals surface area contributed by atoms with Crippen LogP contribution in [-0.4, -0.2) is 55.1 Å². The average molecular weight is 542 g/mol. The van der Waals surface area contributed by atoms with Crippen molar-refractivity contribution >= 4 is 34.4 Å². The summed E-state index contributed by atoms with van der Waals surface area (Å²) >= 11 is 1.71. The van der Waals surface area contributed by atoms with Crippen LogP contribution in [-0.2, 0) is 17.8 Å². The number of ether oxygens (including phenoxy) is 3. The fourth-order valence-corrected chi connectivity index (χ4v) is 5.45. The third-order valence-electron chi connectivity index (χ3n) is 7.15. The lowest BCUT2D eigenvalue weighted by Gasteiger charge is -2.31. The zero-order valence-electron chi connectivity index (χ0n) is 22.2. The molecule has 39 heavy (non-hydrogen) atoms. The molecule has 1 aromatic heterocycles. The highest BCUT2D eigenvalue weighted by atomic mass is 32.2. The number of fused-ring (bicyclic) bond motifs is 2. The van der Waals surface area contributed by atoms with E-state index in [1.54, 1.807) is 11.8 Å². The summed E-state index contributed by atoms with van der Waals surface area (Å²) in [6.07, 6.45) is 2.07. The van der Waals surface area contributed by atoms with Crippen molar-refractivity contribution in [2.45, 2.75) is 24.9 Å². The minimum absolute atomic E-state index is 0.0292. The third kappa shape index (κ3) is 5.53. The Hall–Kier alpha value is -3.75. The molecule has 3 heterocycles. The maximum Gasteiger partial charge on any atom is 0.254 e. The number of amides is 1. The Kier molecular flexibility index (Phi) is 7.30. The quantitative estimate of drug-likeness (QED) is 0.279. The molecule has 0 unspecified atom stereocenters. The van der Waals surface area contributed by atoms with Gasteiger partial charge in [-0.2, -0.15) is 0 Å². The van der Waals surface area contributed by atoms with Gasteiger partial charge in [0.25, 0.3) is 5.91 Å². The molecule has 0 radical (unpaired) electrons. The van der Waals surface area contributed by atoms with E-state index in [-0.39, 0.29) is 12.7 Å². The first-order chi connectivity index (χ1) is 19.1. The maximum absolute atomic E-state index is 13.9. The molecule has 8 heteroatoms. The molecule has 200 valence electrons. The van der Waals surface area contributed by atoms with Crippen molar-refractivity contribution in [2.75, 3.05) is 44.3 Å². The van der Waals surface area contributed by atoms with Crippen LogP contribution in [0.4, 0.5) is 5.82 Å². The van der Waals surface area contributed by atoms with Gasteiger partial charge < -0.3 is 24.0 Å². The second kappa shape index (κ2) is 11.2. The Bertz CT molecular complexity index is 1500. The summed E-state index contributed by atoms with van der Waals surface area (Å²) in [6, 6.07) is 22.2. The van der Waals surface area contributed by atoms with Crippen LogP contribution in [0.5, 0.6) is 11.5 Å². The molecule has 0 atom stereocenters. The molecule has 6 rings (SSSR count). The number of nitrogens with zero attached hydrogens (tertiary/aromatic N) is 3. The Labute approximate surface area is 232 Å². The number of rotatable bonds is 7. The molecule has 3 aromatic carbocycles. The molecular weight excluding hydrogens is 510 g/mol. The number of hydrogen-bond acceptors (Lipinski definition) is 7. The predicted molar refractivity (Wildman–Crippen MR) is 154 cm³/mol. The van der Waals surface area contributed by atoms with Crippen molar-refractivity contribution in [1.82, 2.24) is 9.88 Å². The lowest BCUT2D eigenvalue weighted by molar-refractivity contribution is 0.0729. The van der Waals surface area contributed by atoms with Crippen LogP contribution in [0.2, 0.25) is 0 Å². The molecule has 1 fully saturated rings. The summed E-state index contributed by atoms with van der Waals surface area (Å²) in [5.74, 6) is 2.32. The van der Waals surface area contributed by atoms with Gasteiger partial charge in [-0.05, 0) is 61.2 Å². The fourth-order valence-electron chi connectivity index (χ4n) is 5.02. The number of carbonyl (C=O) groups is 1. The number of pyridine rings is 1.